The van der Waals surface area contributed by atoms with Gasteiger partial charge in [0.2, 0.25) is 0 Å². The molecular formula is C13H12N4O3. The maximum Gasteiger partial charge on any atom is 0.328 e. The molecule has 20 heavy (non-hydrogen) atoms. The summed E-state index contributed by atoms with van der Waals surface area (Å²) in [5.41, 5.74) is 0.758. The van der Waals surface area contributed by atoms with Gasteiger partial charge in [0.05, 0.1) is 11.8 Å². The van der Waals surface area contributed by atoms with Crippen LogP contribution >= 0.6 is 0 Å². The third-order valence-electron chi connectivity index (χ3n) is 2.56. The number of hydrogen-bond donors (Lipinski definition) is 2. The Hall–Kier alpha value is -2.96. The summed E-state index contributed by atoms with van der Waals surface area (Å²) in [5, 5.41) is 15.3. The van der Waals surface area contributed by atoms with Crippen LogP contribution in [-0.2, 0) is 11.8 Å². The zero-order valence-electron chi connectivity index (χ0n) is 10.6. The van der Waals surface area contributed by atoms with Crippen LogP contribution in [0.2, 0.25) is 0 Å². The van der Waals surface area contributed by atoms with Gasteiger partial charge in [0, 0.05) is 37.1 Å². The Morgan fingerprint density at radius 3 is 2.80 bits per heavy atom. The molecule has 0 aliphatic rings. The number of carbonyl (C=O) groups is 2. The Morgan fingerprint density at radius 2 is 2.15 bits per heavy atom. The van der Waals surface area contributed by atoms with Gasteiger partial charge < -0.3 is 10.4 Å². The first-order valence-electron chi connectivity index (χ1n) is 5.72. The van der Waals surface area contributed by atoms with Crippen molar-refractivity contribution in [3.63, 3.8) is 0 Å². The second-order valence-corrected chi connectivity index (χ2v) is 3.93. The van der Waals surface area contributed by atoms with E-state index in [2.05, 4.69) is 15.4 Å². The average molecular weight is 272 g/mol. The Morgan fingerprint density at radius 1 is 1.35 bits per heavy atom. The molecule has 0 saturated carbocycles. The number of aryl methyl sites for hydroxylation is 1. The Bertz CT molecular complexity index is 676. The van der Waals surface area contributed by atoms with Gasteiger partial charge >= 0.3 is 5.97 Å². The fourth-order valence-corrected chi connectivity index (χ4v) is 1.59. The first-order valence-corrected chi connectivity index (χ1v) is 5.72. The lowest BCUT2D eigenvalue weighted by atomic mass is 10.1. The number of nitrogens with one attached hydrogen (secondary N) is 1. The summed E-state index contributed by atoms with van der Waals surface area (Å²) < 4.78 is 1.52. The molecule has 0 saturated heterocycles. The SMILES string of the molecule is Cn1nccc1NC(=O)c1ccncc1C=CC(=O)O. The number of carboxylic acids is 1. The van der Waals surface area contributed by atoms with Crippen molar-refractivity contribution in [3.8, 4) is 0 Å². The van der Waals surface area contributed by atoms with E-state index in [4.69, 9.17) is 5.11 Å². The van der Waals surface area contributed by atoms with Gasteiger partial charge in [0.1, 0.15) is 5.82 Å². The predicted octanol–water partition coefficient (Wildman–Crippen LogP) is 1.17. The summed E-state index contributed by atoms with van der Waals surface area (Å²) in [7, 11) is 1.70. The molecule has 2 aromatic rings. The maximum absolute atomic E-state index is 12.2. The number of nitrogens with zero attached hydrogens (tertiary/aromatic N) is 3. The topological polar surface area (TPSA) is 97.1 Å². The molecule has 0 unspecified atom stereocenters. The lowest BCUT2D eigenvalue weighted by Gasteiger charge is -2.07. The third kappa shape index (κ3) is 3.08. The smallest absolute Gasteiger partial charge is 0.328 e. The lowest BCUT2D eigenvalue weighted by Crippen LogP contribution is -2.15. The summed E-state index contributed by atoms with van der Waals surface area (Å²) in [6, 6.07) is 3.18. The highest BCUT2D eigenvalue weighted by molar-refractivity contribution is 6.06. The van der Waals surface area contributed by atoms with E-state index in [1.54, 1.807) is 19.3 Å². The molecule has 7 heteroatoms. The van der Waals surface area contributed by atoms with E-state index in [-0.39, 0.29) is 5.91 Å². The minimum absolute atomic E-state index is 0.332. The normalized spacial score (nSPS) is 10.7. The highest BCUT2D eigenvalue weighted by Gasteiger charge is 2.11. The largest absolute Gasteiger partial charge is 0.478 e. The van der Waals surface area contributed by atoms with Crippen molar-refractivity contribution in [1.29, 1.82) is 0 Å². The highest BCUT2D eigenvalue weighted by Crippen LogP contribution is 2.12. The Labute approximate surface area is 114 Å². The molecule has 2 aromatic heterocycles. The minimum Gasteiger partial charge on any atom is -0.478 e. The molecule has 0 aromatic carbocycles. The van der Waals surface area contributed by atoms with E-state index in [9.17, 15) is 9.59 Å². The van der Waals surface area contributed by atoms with Crippen LogP contribution < -0.4 is 5.32 Å². The van der Waals surface area contributed by atoms with Gasteiger partial charge in [-0.15, -0.1) is 0 Å². The highest BCUT2D eigenvalue weighted by atomic mass is 16.4. The van der Waals surface area contributed by atoms with E-state index in [1.807, 2.05) is 0 Å². The molecule has 7 nitrogen and oxygen atoms in total. The van der Waals surface area contributed by atoms with Crippen LogP contribution in [0.4, 0.5) is 5.82 Å². The number of carbonyl (C=O) groups excluding carboxylic acids is 1. The van der Waals surface area contributed by atoms with Crippen molar-refractivity contribution in [1.82, 2.24) is 14.8 Å². The fourth-order valence-electron chi connectivity index (χ4n) is 1.59. The molecule has 2 N–H and O–H groups in total. The Kier molecular flexibility index (Phi) is 3.90. The molecule has 0 atom stereocenters. The van der Waals surface area contributed by atoms with E-state index >= 15 is 0 Å². The second kappa shape index (κ2) is 5.79. The molecular weight excluding hydrogens is 260 g/mol. The number of carboxylic acid groups (broad SMARTS) is 1. The average Bonchev–Trinajstić information content (AvgIpc) is 2.82. The fraction of sp³-hybridized carbons (Fsp3) is 0.0769. The number of anilines is 1. The molecule has 0 fully saturated rings. The second-order valence-electron chi connectivity index (χ2n) is 3.93. The first kappa shape index (κ1) is 13.5. The van der Waals surface area contributed by atoms with Gasteiger partial charge in [0.15, 0.2) is 0 Å². The maximum atomic E-state index is 12.2. The molecule has 102 valence electrons. The molecule has 0 aliphatic carbocycles. The monoisotopic (exact) mass is 272 g/mol. The summed E-state index contributed by atoms with van der Waals surface area (Å²) in [5.74, 6) is -0.909. The molecule has 0 bridgehead atoms. The van der Waals surface area contributed by atoms with E-state index in [0.717, 1.165) is 6.08 Å². The van der Waals surface area contributed by atoms with Crippen LogP contribution in [0.5, 0.6) is 0 Å². The molecule has 1 amide bonds. The molecule has 2 rings (SSSR count). The van der Waals surface area contributed by atoms with Crippen LogP contribution in [0.3, 0.4) is 0 Å². The zero-order chi connectivity index (χ0) is 14.5. The molecule has 0 spiro atoms. The van der Waals surface area contributed by atoms with Crippen LogP contribution in [-0.4, -0.2) is 31.7 Å². The van der Waals surface area contributed by atoms with Gasteiger partial charge in [0.25, 0.3) is 5.91 Å². The van der Waals surface area contributed by atoms with Gasteiger partial charge in [-0.1, -0.05) is 0 Å². The van der Waals surface area contributed by atoms with Crippen LogP contribution in [0.15, 0.2) is 36.8 Å². The van der Waals surface area contributed by atoms with Crippen molar-refractivity contribution in [3.05, 3.63) is 47.9 Å². The lowest BCUT2D eigenvalue weighted by molar-refractivity contribution is -0.131. The number of hydrogen-bond acceptors (Lipinski definition) is 4. The van der Waals surface area contributed by atoms with Crippen molar-refractivity contribution < 1.29 is 14.7 Å². The molecule has 0 radical (unpaired) electrons. The number of aromatic nitrogens is 3. The number of pyridine rings is 1. The van der Waals surface area contributed by atoms with Gasteiger partial charge in [-0.3, -0.25) is 14.5 Å². The first-order chi connectivity index (χ1) is 9.58. The zero-order valence-corrected chi connectivity index (χ0v) is 10.6. The summed E-state index contributed by atoms with van der Waals surface area (Å²) >= 11 is 0. The van der Waals surface area contributed by atoms with Crippen LogP contribution in [0.25, 0.3) is 6.08 Å². The van der Waals surface area contributed by atoms with E-state index in [0.29, 0.717) is 16.9 Å². The van der Waals surface area contributed by atoms with Crippen molar-refractivity contribution in [2.75, 3.05) is 5.32 Å². The quantitative estimate of drug-likeness (QED) is 0.814. The van der Waals surface area contributed by atoms with E-state index in [1.165, 1.54) is 29.2 Å². The summed E-state index contributed by atoms with van der Waals surface area (Å²) in [4.78, 5) is 26.6. The van der Waals surface area contributed by atoms with E-state index < -0.39 is 5.97 Å². The Balaban J connectivity index is 2.26. The molecule has 2 heterocycles. The van der Waals surface area contributed by atoms with Crippen molar-refractivity contribution in [2.24, 2.45) is 7.05 Å². The van der Waals surface area contributed by atoms with Crippen LogP contribution in [0.1, 0.15) is 15.9 Å². The van der Waals surface area contributed by atoms with Gasteiger partial charge in [-0.05, 0) is 12.1 Å². The van der Waals surface area contributed by atoms with Gasteiger partial charge in [-0.25, -0.2) is 4.79 Å². The standard InChI is InChI=1S/C13H12N4O3/c1-17-11(5-7-15-17)16-13(20)10-4-6-14-8-9(10)2-3-12(18)19/h2-8H,1H3,(H,16,20)(H,18,19). The molecule has 0 aliphatic heterocycles. The summed E-state index contributed by atoms with van der Waals surface area (Å²) in [6.07, 6.45) is 6.74. The summed E-state index contributed by atoms with van der Waals surface area (Å²) in [6.45, 7) is 0. The van der Waals surface area contributed by atoms with Crippen molar-refractivity contribution in [2.45, 2.75) is 0 Å². The van der Waals surface area contributed by atoms with Gasteiger partial charge in [-0.2, -0.15) is 5.10 Å². The van der Waals surface area contributed by atoms with Crippen LogP contribution in [0, 0.1) is 0 Å². The number of rotatable bonds is 4. The number of aliphatic carboxylic acids is 1. The van der Waals surface area contributed by atoms with Crippen molar-refractivity contribution >= 4 is 23.8 Å². The number of amides is 1. The third-order valence-corrected chi connectivity index (χ3v) is 2.56. The minimum atomic E-state index is -1.09. The predicted molar refractivity (Wildman–Crippen MR) is 72.1 cm³/mol.